The third kappa shape index (κ3) is 5.63. The fourth-order valence-corrected chi connectivity index (χ4v) is 6.40. The van der Waals surface area contributed by atoms with E-state index in [0.29, 0.717) is 17.4 Å². The number of anilines is 1. The van der Waals surface area contributed by atoms with E-state index in [2.05, 4.69) is 5.32 Å². The third-order valence-electron chi connectivity index (χ3n) is 6.71. The zero-order chi connectivity index (χ0) is 29.2. The number of hydrogen-bond acceptors (Lipinski definition) is 7. The number of carbonyl (C=O) groups is 2. The Kier molecular flexibility index (Phi) is 8.66. The Hall–Kier alpha value is -3.30. The van der Waals surface area contributed by atoms with Gasteiger partial charge in [0.1, 0.15) is 0 Å². The van der Waals surface area contributed by atoms with Gasteiger partial charge in [-0.05, 0) is 54.1 Å². The number of aliphatic hydroxyl groups is 1. The number of ketones is 1. The minimum atomic E-state index is -5.35. The number of halogens is 4. The minimum Gasteiger partial charge on any atom is -0.363 e. The lowest BCUT2D eigenvalue weighted by molar-refractivity contribution is -0.285. The van der Waals surface area contributed by atoms with E-state index in [0.717, 1.165) is 22.5 Å². The van der Waals surface area contributed by atoms with E-state index in [1.165, 1.54) is 35.7 Å². The second-order valence-corrected chi connectivity index (χ2v) is 11.5. The standard InChI is InChI=1S/C28H23ClF3N3O3S2/c1-15-7-5-10-20(16(15)2)34-22(36)14-40-26-18(13-33)23(17-8-3-4-9-19(17)29)24(25(37)21-11-6-12-39-21)27(38,35-26)28(30,31)32/h3-12,23-24,35,38H,14H2,1-2H3,(H,34,36)/t23-,24-,27+/m0/s1. The first-order chi connectivity index (χ1) is 18.9. The number of nitrogens with one attached hydrogen (secondary N) is 2. The molecule has 0 fully saturated rings. The van der Waals surface area contributed by atoms with Gasteiger partial charge in [-0.25, -0.2) is 0 Å². The number of Topliss-reactive ketones (excluding diaryl/α,β-unsaturated/α-hetero) is 1. The van der Waals surface area contributed by atoms with Crippen molar-refractivity contribution in [1.29, 1.82) is 5.26 Å². The van der Waals surface area contributed by atoms with Crippen molar-refractivity contribution in [1.82, 2.24) is 5.32 Å². The largest absolute Gasteiger partial charge is 0.437 e. The summed E-state index contributed by atoms with van der Waals surface area (Å²) < 4.78 is 44.0. The average Bonchev–Trinajstić information content (AvgIpc) is 3.44. The molecule has 3 N–H and O–H groups in total. The van der Waals surface area contributed by atoms with Crippen molar-refractivity contribution in [2.45, 2.75) is 31.7 Å². The lowest BCUT2D eigenvalue weighted by atomic mass is 9.70. The van der Waals surface area contributed by atoms with Gasteiger partial charge >= 0.3 is 6.18 Å². The quantitative estimate of drug-likeness (QED) is 0.264. The highest BCUT2D eigenvalue weighted by atomic mass is 35.5. The molecule has 0 bridgehead atoms. The topological polar surface area (TPSA) is 102 Å². The van der Waals surface area contributed by atoms with Crippen molar-refractivity contribution in [3.05, 3.63) is 97.2 Å². The highest BCUT2D eigenvalue weighted by Crippen LogP contribution is 2.52. The van der Waals surface area contributed by atoms with Gasteiger partial charge in [0.25, 0.3) is 0 Å². The normalized spacial score (nSPS) is 20.9. The van der Waals surface area contributed by atoms with Crippen LogP contribution in [0.5, 0.6) is 0 Å². The molecule has 0 saturated heterocycles. The van der Waals surface area contributed by atoms with Gasteiger partial charge < -0.3 is 15.7 Å². The summed E-state index contributed by atoms with van der Waals surface area (Å²) >= 11 is 7.92. The molecule has 1 aromatic heterocycles. The molecule has 0 saturated carbocycles. The summed E-state index contributed by atoms with van der Waals surface area (Å²) in [5.74, 6) is -5.67. The van der Waals surface area contributed by atoms with Crippen LogP contribution in [-0.4, -0.2) is 34.5 Å². The van der Waals surface area contributed by atoms with Gasteiger partial charge in [-0.15, -0.1) is 11.3 Å². The average molecular weight is 606 g/mol. The number of allylic oxidation sites excluding steroid dienone is 1. The van der Waals surface area contributed by atoms with Crippen molar-refractivity contribution in [2.24, 2.45) is 5.92 Å². The molecule has 2 aromatic carbocycles. The van der Waals surface area contributed by atoms with Crippen molar-refractivity contribution >= 4 is 52.1 Å². The molecule has 3 atom stereocenters. The molecule has 0 unspecified atom stereocenters. The number of hydrogen-bond donors (Lipinski definition) is 3. The maximum atomic E-state index is 14.7. The Morgan fingerprint density at radius 3 is 2.52 bits per heavy atom. The number of carbonyl (C=O) groups excluding carboxylic acids is 2. The van der Waals surface area contributed by atoms with E-state index >= 15 is 0 Å². The Bertz CT molecular complexity index is 1520. The maximum Gasteiger partial charge on any atom is 0.437 e. The molecule has 1 aliphatic heterocycles. The number of nitrogens with zero attached hydrogens (tertiary/aromatic N) is 1. The number of benzene rings is 2. The molecule has 12 heteroatoms. The van der Waals surface area contributed by atoms with Crippen molar-refractivity contribution in [3.63, 3.8) is 0 Å². The molecule has 6 nitrogen and oxygen atoms in total. The van der Waals surface area contributed by atoms with Crippen LogP contribution in [0.1, 0.15) is 32.3 Å². The lowest BCUT2D eigenvalue weighted by Crippen LogP contribution is -2.66. The van der Waals surface area contributed by atoms with Crippen LogP contribution in [0.3, 0.4) is 0 Å². The Morgan fingerprint density at radius 2 is 1.90 bits per heavy atom. The van der Waals surface area contributed by atoms with Crippen molar-refractivity contribution in [3.8, 4) is 6.07 Å². The lowest BCUT2D eigenvalue weighted by Gasteiger charge is -2.45. The van der Waals surface area contributed by atoms with Gasteiger partial charge in [-0.3, -0.25) is 9.59 Å². The minimum absolute atomic E-state index is 0.0205. The summed E-state index contributed by atoms with van der Waals surface area (Å²) in [6.45, 7) is 3.69. The van der Waals surface area contributed by atoms with Crippen LogP contribution >= 0.6 is 34.7 Å². The van der Waals surface area contributed by atoms with Crippen LogP contribution in [-0.2, 0) is 4.79 Å². The first-order valence-corrected chi connectivity index (χ1v) is 14.2. The summed E-state index contributed by atoms with van der Waals surface area (Å²) in [5, 5.41) is 27.4. The third-order valence-corrected chi connectivity index (χ3v) is 8.95. The van der Waals surface area contributed by atoms with Crippen molar-refractivity contribution in [2.75, 3.05) is 11.1 Å². The van der Waals surface area contributed by atoms with Crippen LogP contribution in [0.15, 0.2) is 70.6 Å². The van der Waals surface area contributed by atoms with E-state index in [-0.39, 0.29) is 31.8 Å². The van der Waals surface area contributed by atoms with Gasteiger partial charge in [-0.2, -0.15) is 18.4 Å². The van der Waals surface area contributed by atoms with E-state index in [4.69, 9.17) is 11.6 Å². The van der Waals surface area contributed by atoms with Crippen LogP contribution in [0.2, 0.25) is 5.02 Å². The van der Waals surface area contributed by atoms with Crippen LogP contribution in [0.25, 0.3) is 0 Å². The summed E-state index contributed by atoms with van der Waals surface area (Å²) in [5.41, 5.74) is -1.65. The molecule has 2 heterocycles. The summed E-state index contributed by atoms with van der Waals surface area (Å²) in [6.07, 6.45) is -5.35. The number of thiophene rings is 1. The number of alkyl halides is 3. The molecule has 0 radical (unpaired) electrons. The predicted octanol–water partition coefficient (Wildman–Crippen LogP) is 6.56. The number of amides is 1. The predicted molar refractivity (Wildman–Crippen MR) is 150 cm³/mol. The summed E-state index contributed by atoms with van der Waals surface area (Å²) in [7, 11) is 0. The first kappa shape index (κ1) is 29.7. The second-order valence-electron chi connectivity index (χ2n) is 9.15. The van der Waals surface area contributed by atoms with E-state index in [9.17, 15) is 33.1 Å². The highest BCUT2D eigenvalue weighted by molar-refractivity contribution is 8.03. The van der Waals surface area contributed by atoms with Crippen LogP contribution in [0, 0.1) is 31.1 Å². The molecular weight excluding hydrogens is 583 g/mol. The number of aryl methyl sites for hydroxylation is 1. The van der Waals surface area contributed by atoms with Gasteiger partial charge in [0.05, 0.1) is 33.2 Å². The fourth-order valence-electron chi connectivity index (χ4n) is 4.53. The molecular formula is C28H23ClF3N3O3S2. The fraction of sp³-hybridized carbons (Fsp3) is 0.250. The van der Waals surface area contributed by atoms with Gasteiger partial charge in [0.15, 0.2) is 5.78 Å². The molecule has 0 aliphatic carbocycles. The van der Waals surface area contributed by atoms with Gasteiger partial charge in [-0.1, -0.05) is 59.8 Å². The highest BCUT2D eigenvalue weighted by Gasteiger charge is 2.66. The van der Waals surface area contributed by atoms with Crippen molar-refractivity contribution < 1.29 is 27.9 Å². The molecule has 3 aromatic rings. The zero-order valence-electron chi connectivity index (χ0n) is 21.2. The molecule has 40 heavy (non-hydrogen) atoms. The zero-order valence-corrected chi connectivity index (χ0v) is 23.6. The Labute approximate surface area is 241 Å². The number of rotatable bonds is 7. The van der Waals surface area contributed by atoms with Crippen LogP contribution in [0.4, 0.5) is 18.9 Å². The van der Waals surface area contributed by atoms with E-state index in [1.807, 2.05) is 31.3 Å². The molecule has 0 spiro atoms. The molecule has 4 rings (SSSR count). The number of thioether (sulfide) groups is 1. The summed E-state index contributed by atoms with van der Waals surface area (Å²) in [6, 6.07) is 16.0. The SMILES string of the molecule is Cc1cccc(NC(=O)CSC2=C(C#N)[C@H](c3ccccc3Cl)[C@@H](C(=O)c3cccs3)[C@@](O)(C(F)(F)F)N2)c1C. The van der Waals surface area contributed by atoms with E-state index in [1.54, 1.807) is 18.2 Å². The molecule has 208 valence electrons. The van der Waals surface area contributed by atoms with Gasteiger partial charge in [0, 0.05) is 16.6 Å². The monoisotopic (exact) mass is 605 g/mol. The first-order valence-electron chi connectivity index (χ1n) is 11.9. The maximum absolute atomic E-state index is 14.7. The number of nitriles is 1. The van der Waals surface area contributed by atoms with E-state index < -0.39 is 35.4 Å². The van der Waals surface area contributed by atoms with Crippen LogP contribution < -0.4 is 10.6 Å². The van der Waals surface area contributed by atoms with Gasteiger partial charge in [0.2, 0.25) is 11.6 Å². The Balaban J connectivity index is 1.80. The second kappa shape index (κ2) is 11.7. The smallest absolute Gasteiger partial charge is 0.363 e. The molecule has 1 amide bonds. The summed E-state index contributed by atoms with van der Waals surface area (Å²) in [4.78, 5) is 26.3. The Morgan fingerprint density at radius 1 is 1.18 bits per heavy atom. The molecule has 1 aliphatic rings.